The van der Waals surface area contributed by atoms with E-state index in [4.69, 9.17) is 0 Å². The van der Waals surface area contributed by atoms with Gasteiger partial charge in [0.05, 0.1) is 6.20 Å². The van der Waals surface area contributed by atoms with Crippen LogP contribution >= 0.6 is 0 Å². The van der Waals surface area contributed by atoms with E-state index in [0.717, 1.165) is 19.3 Å². The van der Waals surface area contributed by atoms with E-state index in [1.165, 1.54) is 4.31 Å². The number of hydrogen-bond donors (Lipinski definition) is 1. The van der Waals surface area contributed by atoms with Crippen molar-refractivity contribution in [1.82, 2.24) is 28.9 Å². The van der Waals surface area contributed by atoms with Crippen LogP contribution in [0.1, 0.15) is 50.0 Å². The second-order valence-electron chi connectivity index (χ2n) is 6.83. The van der Waals surface area contributed by atoms with Gasteiger partial charge in [-0.25, -0.2) is 0 Å². The van der Waals surface area contributed by atoms with Crippen LogP contribution in [-0.4, -0.2) is 70.7 Å². The minimum atomic E-state index is -3.42. The molecule has 0 aliphatic carbocycles. The Morgan fingerprint density at radius 2 is 2.12 bits per heavy atom. The van der Waals surface area contributed by atoms with Crippen LogP contribution < -0.4 is 5.32 Å². The highest BCUT2D eigenvalue weighted by Gasteiger charge is 2.33. The standard InChI is InChI=1S/C15H28N6O3S/c1-12(2)16-15(22)14-11-20(18-17-14)10-8-13-7-5-6-9-21(13)25(23,24)19(3)4/h11-13H,5-10H2,1-4H3,(H,16,22)/t13-/m0/s1. The highest BCUT2D eigenvalue weighted by atomic mass is 32.2. The van der Waals surface area contributed by atoms with Gasteiger partial charge in [-0.05, 0) is 33.1 Å². The fourth-order valence-corrected chi connectivity index (χ4v) is 4.27. The van der Waals surface area contributed by atoms with Gasteiger partial charge in [-0.3, -0.25) is 9.48 Å². The van der Waals surface area contributed by atoms with Crippen LogP contribution in [0.2, 0.25) is 0 Å². The van der Waals surface area contributed by atoms with E-state index in [-0.39, 0.29) is 23.7 Å². The van der Waals surface area contributed by atoms with E-state index in [1.54, 1.807) is 29.3 Å². The van der Waals surface area contributed by atoms with E-state index < -0.39 is 10.2 Å². The Balaban J connectivity index is 2.00. The predicted molar refractivity (Wildman–Crippen MR) is 94.2 cm³/mol. The normalized spacial score (nSPS) is 19.5. The number of nitrogens with zero attached hydrogens (tertiary/aromatic N) is 5. The smallest absolute Gasteiger partial charge is 0.281 e. The first-order valence-electron chi connectivity index (χ1n) is 8.62. The number of aromatic nitrogens is 3. The molecule has 1 atom stereocenters. The van der Waals surface area contributed by atoms with Gasteiger partial charge < -0.3 is 5.32 Å². The van der Waals surface area contributed by atoms with Crippen LogP contribution in [0.4, 0.5) is 0 Å². The van der Waals surface area contributed by atoms with Crippen molar-refractivity contribution >= 4 is 16.1 Å². The van der Waals surface area contributed by atoms with Crippen LogP contribution in [0, 0.1) is 0 Å². The minimum absolute atomic E-state index is 0.0321. The highest BCUT2D eigenvalue weighted by Crippen LogP contribution is 2.24. The largest absolute Gasteiger partial charge is 0.348 e. The Hall–Kier alpha value is -1.52. The van der Waals surface area contributed by atoms with E-state index in [0.29, 0.717) is 19.5 Å². The van der Waals surface area contributed by atoms with Crippen molar-refractivity contribution in [3.63, 3.8) is 0 Å². The van der Waals surface area contributed by atoms with Crippen molar-refractivity contribution in [1.29, 1.82) is 0 Å². The number of aryl methyl sites for hydroxylation is 1. The fourth-order valence-electron chi connectivity index (χ4n) is 2.91. The van der Waals surface area contributed by atoms with Gasteiger partial charge in [0.2, 0.25) is 0 Å². The van der Waals surface area contributed by atoms with Crippen molar-refractivity contribution in [3.8, 4) is 0 Å². The van der Waals surface area contributed by atoms with Crippen molar-refractivity contribution < 1.29 is 13.2 Å². The van der Waals surface area contributed by atoms with Gasteiger partial charge in [-0.1, -0.05) is 11.6 Å². The maximum absolute atomic E-state index is 12.5. The summed E-state index contributed by atoms with van der Waals surface area (Å²) in [4.78, 5) is 11.9. The van der Waals surface area contributed by atoms with Crippen LogP contribution in [0.5, 0.6) is 0 Å². The molecule has 0 bridgehead atoms. The average Bonchev–Trinajstić information content (AvgIpc) is 3.01. The van der Waals surface area contributed by atoms with Crippen molar-refractivity contribution in [2.45, 2.75) is 58.2 Å². The Bertz CT molecular complexity index is 685. The first-order chi connectivity index (χ1) is 11.7. The van der Waals surface area contributed by atoms with Crippen LogP contribution in [0.25, 0.3) is 0 Å². The zero-order chi connectivity index (χ0) is 18.6. The average molecular weight is 372 g/mol. The summed E-state index contributed by atoms with van der Waals surface area (Å²) in [7, 11) is -0.311. The van der Waals surface area contributed by atoms with E-state index in [9.17, 15) is 13.2 Å². The van der Waals surface area contributed by atoms with E-state index >= 15 is 0 Å². The Morgan fingerprint density at radius 3 is 2.76 bits per heavy atom. The second-order valence-corrected chi connectivity index (χ2v) is 8.93. The molecule has 0 radical (unpaired) electrons. The third-order valence-electron chi connectivity index (χ3n) is 4.21. The van der Waals surface area contributed by atoms with Crippen molar-refractivity contribution in [2.75, 3.05) is 20.6 Å². The number of piperidine rings is 1. The molecule has 1 amide bonds. The molecule has 25 heavy (non-hydrogen) atoms. The van der Waals surface area contributed by atoms with Gasteiger partial charge in [-0.15, -0.1) is 5.10 Å². The Morgan fingerprint density at radius 1 is 1.40 bits per heavy atom. The zero-order valence-corrected chi connectivity index (χ0v) is 16.2. The lowest BCUT2D eigenvalue weighted by atomic mass is 10.0. The molecule has 10 heteroatoms. The molecule has 0 saturated carbocycles. The lowest BCUT2D eigenvalue weighted by Gasteiger charge is -2.36. The molecule has 1 aliphatic heterocycles. The number of amides is 1. The van der Waals surface area contributed by atoms with Crippen LogP contribution in [0.3, 0.4) is 0 Å². The van der Waals surface area contributed by atoms with Crippen molar-refractivity contribution in [2.24, 2.45) is 0 Å². The summed E-state index contributed by atoms with van der Waals surface area (Å²) in [5.41, 5.74) is 0.273. The maximum atomic E-state index is 12.5. The Labute approximate surface area is 149 Å². The maximum Gasteiger partial charge on any atom is 0.281 e. The molecule has 2 rings (SSSR count). The second kappa shape index (κ2) is 8.24. The SMILES string of the molecule is CC(C)NC(=O)c1cn(CC[C@@H]2CCCCN2S(=O)(=O)N(C)C)nn1. The van der Waals surface area contributed by atoms with E-state index in [1.807, 2.05) is 13.8 Å². The summed E-state index contributed by atoms with van der Waals surface area (Å²) in [5.74, 6) is -0.254. The van der Waals surface area contributed by atoms with Gasteiger partial charge in [0.1, 0.15) is 0 Å². The summed E-state index contributed by atoms with van der Waals surface area (Å²) < 4.78 is 29.4. The molecular weight excluding hydrogens is 344 g/mol. The molecule has 142 valence electrons. The summed E-state index contributed by atoms with van der Waals surface area (Å²) in [6.45, 7) is 4.83. The van der Waals surface area contributed by atoms with Crippen LogP contribution in [0.15, 0.2) is 6.20 Å². The number of nitrogens with one attached hydrogen (secondary N) is 1. The summed E-state index contributed by atoms with van der Waals surface area (Å²) in [5, 5.41) is 10.6. The topological polar surface area (TPSA) is 100 Å². The molecule has 1 aromatic rings. The molecule has 1 fully saturated rings. The summed E-state index contributed by atoms with van der Waals surface area (Å²) in [6, 6.07) is -0.0250. The van der Waals surface area contributed by atoms with Gasteiger partial charge in [-0.2, -0.15) is 17.0 Å². The molecule has 1 saturated heterocycles. The molecule has 2 heterocycles. The fraction of sp³-hybridized carbons (Fsp3) is 0.800. The number of hydrogen-bond acceptors (Lipinski definition) is 5. The summed E-state index contributed by atoms with van der Waals surface area (Å²) >= 11 is 0. The van der Waals surface area contributed by atoms with Crippen molar-refractivity contribution in [3.05, 3.63) is 11.9 Å². The molecular formula is C15H28N6O3S. The molecule has 0 spiro atoms. The molecule has 1 aliphatic rings. The monoisotopic (exact) mass is 372 g/mol. The number of rotatable bonds is 7. The molecule has 1 aromatic heterocycles. The lowest BCUT2D eigenvalue weighted by Crippen LogP contribution is -2.48. The minimum Gasteiger partial charge on any atom is -0.348 e. The first-order valence-corrected chi connectivity index (χ1v) is 10.0. The van der Waals surface area contributed by atoms with E-state index in [2.05, 4.69) is 15.6 Å². The molecule has 0 unspecified atom stereocenters. The zero-order valence-electron chi connectivity index (χ0n) is 15.3. The highest BCUT2D eigenvalue weighted by molar-refractivity contribution is 7.86. The molecule has 1 N–H and O–H groups in total. The van der Waals surface area contributed by atoms with Gasteiger partial charge >= 0.3 is 0 Å². The lowest BCUT2D eigenvalue weighted by molar-refractivity contribution is 0.0938. The number of carbonyl (C=O) groups is 1. The Kier molecular flexibility index (Phi) is 6.53. The quantitative estimate of drug-likeness (QED) is 0.750. The van der Waals surface area contributed by atoms with Gasteiger partial charge in [0.25, 0.3) is 16.1 Å². The van der Waals surface area contributed by atoms with Crippen LogP contribution in [-0.2, 0) is 16.8 Å². The number of carbonyl (C=O) groups excluding carboxylic acids is 1. The third kappa shape index (κ3) is 4.99. The third-order valence-corrected chi connectivity index (χ3v) is 6.21. The molecule has 9 nitrogen and oxygen atoms in total. The van der Waals surface area contributed by atoms with Gasteiger partial charge in [0, 0.05) is 39.3 Å². The first kappa shape index (κ1) is 19.8. The molecule has 0 aromatic carbocycles. The van der Waals surface area contributed by atoms with Gasteiger partial charge in [0.15, 0.2) is 5.69 Å². The summed E-state index contributed by atoms with van der Waals surface area (Å²) in [6.07, 6.45) is 4.98. The predicted octanol–water partition coefficient (Wildman–Crippen LogP) is 0.467.